The molecule has 0 spiro atoms. The SMILES string of the molecule is Cc1ccc(C(=O)NOCC(C)C)cc1. The fourth-order valence-electron chi connectivity index (χ4n) is 1.04. The third-order valence-corrected chi connectivity index (χ3v) is 1.90. The molecule has 1 aromatic rings. The van der Waals surface area contributed by atoms with Crippen molar-refractivity contribution in [1.29, 1.82) is 0 Å². The van der Waals surface area contributed by atoms with Crippen LogP contribution in [0.4, 0.5) is 0 Å². The van der Waals surface area contributed by atoms with E-state index in [1.165, 1.54) is 0 Å². The molecule has 1 N–H and O–H groups in total. The summed E-state index contributed by atoms with van der Waals surface area (Å²) in [6, 6.07) is 7.36. The van der Waals surface area contributed by atoms with Crippen molar-refractivity contribution in [3.05, 3.63) is 35.4 Å². The molecule has 0 fully saturated rings. The van der Waals surface area contributed by atoms with Gasteiger partial charge in [0.1, 0.15) is 0 Å². The van der Waals surface area contributed by atoms with Crippen LogP contribution in [0, 0.1) is 12.8 Å². The van der Waals surface area contributed by atoms with Gasteiger partial charge in [0.2, 0.25) is 0 Å². The van der Waals surface area contributed by atoms with Crippen molar-refractivity contribution in [1.82, 2.24) is 5.48 Å². The lowest BCUT2D eigenvalue weighted by atomic mass is 10.1. The van der Waals surface area contributed by atoms with Crippen molar-refractivity contribution < 1.29 is 9.63 Å². The molecule has 15 heavy (non-hydrogen) atoms. The van der Waals surface area contributed by atoms with Crippen LogP contribution in [0.25, 0.3) is 0 Å². The molecule has 0 unspecified atom stereocenters. The lowest BCUT2D eigenvalue weighted by Crippen LogP contribution is -2.25. The summed E-state index contributed by atoms with van der Waals surface area (Å²) in [6.45, 7) is 6.56. The van der Waals surface area contributed by atoms with Crippen molar-refractivity contribution in [3.8, 4) is 0 Å². The number of amides is 1. The molecular weight excluding hydrogens is 190 g/mol. The van der Waals surface area contributed by atoms with Crippen LogP contribution in [0.15, 0.2) is 24.3 Å². The number of carbonyl (C=O) groups is 1. The van der Waals surface area contributed by atoms with Crippen molar-refractivity contribution in [2.75, 3.05) is 6.61 Å². The Morgan fingerprint density at radius 1 is 1.33 bits per heavy atom. The minimum atomic E-state index is -0.198. The first-order chi connectivity index (χ1) is 7.09. The lowest BCUT2D eigenvalue weighted by Gasteiger charge is -2.07. The Balaban J connectivity index is 2.43. The van der Waals surface area contributed by atoms with Gasteiger partial charge in [0.15, 0.2) is 0 Å². The Labute approximate surface area is 90.4 Å². The van der Waals surface area contributed by atoms with Crippen molar-refractivity contribution >= 4 is 5.91 Å². The summed E-state index contributed by atoms with van der Waals surface area (Å²) < 4.78 is 0. The molecule has 0 bridgehead atoms. The van der Waals surface area contributed by atoms with Crippen molar-refractivity contribution in [2.45, 2.75) is 20.8 Å². The van der Waals surface area contributed by atoms with E-state index in [1.807, 2.05) is 32.9 Å². The van der Waals surface area contributed by atoms with Gasteiger partial charge in [-0.15, -0.1) is 0 Å². The van der Waals surface area contributed by atoms with E-state index in [2.05, 4.69) is 5.48 Å². The first kappa shape index (κ1) is 11.7. The Hall–Kier alpha value is -1.35. The minimum absolute atomic E-state index is 0.198. The lowest BCUT2D eigenvalue weighted by molar-refractivity contribution is 0.0208. The molecule has 0 aliphatic heterocycles. The van der Waals surface area contributed by atoms with Crippen LogP contribution < -0.4 is 5.48 Å². The van der Waals surface area contributed by atoms with Gasteiger partial charge in [-0.3, -0.25) is 9.63 Å². The minimum Gasteiger partial charge on any atom is -0.273 e. The topological polar surface area (TPSA) is 38.3 Å². The molecule has 0 aromatic heterocycles. The summed E-state index contributed by atoms with van der Waals surface area (Å²) in [5.41, 5.74) is 4.16. The summed E-state index contributed by atoms with van der Waals surface area (Å²) in [7, 11) is 0. The van der Waals surface area contributed by atoms with Gasteiger partial charge in [-0.05, 0) is 25.0 Å². The van der Waals surface area contributed by atoms with Gasteiger partial charge in [0.05, 0.1) is 6.61 Å². The van der Waals surface area contributed by atoms with E-state index in [0.717, 1.165) is 5.56 Å². The van der Waals surface area contributed by atoms with Crippen LogP contribution in [0.1, 0.15) is 29.8 Å². The number of hydroxylamine groups is 1. The van der Waals surface area contributed by atoms with E-state index in [1.54, 1.807) is 12.1 Å². The molecule has 0 aliphatic carbocycles. The number of aryl methyl sites for hydroxylation is 1. The second-order valence-electron chi connectivity index (χ2n) is 4.00. The Morgan fingerprint density at radius 2 is 1.93 bits per heavy atom. The van der Waals surface area contributed by atoms with Gasteiger partial charge in [-0.2, -0.15) is 0 Å². The third kappa shape index (κ3) is 4.13. The highest BCUT2D eigenvalue weighted by molar-refractivity contribution is 5.93. The molecule has 1 rings (SSSR count). The molecular formula is C12H17NO2. The summed E-state index contributed by atoms with van der Waals surface area (Å²) in [6.07, 6.45) is 0. The molecule has 3 heteroatoms. The third-order valence-electron chi connectivity index (χ3n) is 1.90. The highest BCUT2D eigenvalue weighted by Crippen LogP contribution is 2.02. The number of rotatable bonds is 4. The molecule has 82 valence electrons. The maximum absolute atomic E-state index is 11.5. The average molecular weight is 207 g/mol. The number of hydrogen-bond acceptors (Lipinski definition) is 2. The smallest absolute Gasteiger partial charge is 0.273 e. The molecule has 0 saturated carbocycles. The maximum Gasteiger partial charge on any atom is 0.274 e. The van der Waals surface area contributed by atoms with Crippen LogP contribution in [-0.2, 0) is 4.84 Å². The number of nitrogens with one attached hydrogen (secondary N) is 1. The summed E-state index contributed by atoms with van der Waals surface area (Å²) >= 11 is 0. The molecule has 0 aliphatic rings. The zero-order valence-electron chi connectivity index (χ0n) is 9.41. The standard InChI is InChI=1S/C12H17NO2/c1-9(2)8-15-13-12(14)11-6-4-10(3)5-7-11/h4-7,9H,8H2,1-3H3,(H,13,14). The fraction of sp³-hybridized carbons (Fsp3) is 0.417. The highest BCUT2D eigenvalue weighted by Gasteiger charge is 2.04. The largest absolute Gasteiger partial charge is 0.274 e. The van der Waals surface area contributed by atoms with Gasteiger partial charge < -0.3 is 0 Å². The van der Waals surface area contributed by atoms with Crippen LogP contribution in [-0.4, -0.2) is 12.5 Å². The zero-order chi connectivity index (χ0) is 11.3. The van der Waals surface area contributed by atoms with E-state index in [0.29, 0.717) is 18.1 Å². The number of benzene rings is 1. The average Bonchev–Trinajstić information content (AvgIpc) is 2.18. The molecule has 0 saturated heterocycles. The molecule has 1 amide bonds. The molecule has 0 radical (unpaired) electrons. The monoisotopic (exact) mass is 207 g/mol. The molecule has 1 aromatic carbocycles. The highest BCUT2D eigenvalue weighted by atomic mass is 16.6. The van der Waals surface area contributed by atoms with Crippen LogP contribution in [0.2, 0.25) is 0 Å². The normalized spacial score (nSPS) is 10.4. The Morgan fingerprint density at radius 3 is 2.47 bits per heavy atom. The van der Waals surface area contributed by atoms with E-state index in [9.17, 15) is 4.79 Å². The van der Waals surface area contributed by atoms with Gasteiger partial charge in [-0.25, -0.2) is 5.48 Å². The van der Waals surface area contributed by atoms with E-state index < -0.39 is 0 Å². The zero-order valence-corrected chi connectivity index (χ0v) is 9.41. The molecule has 0 atom stereocenters. The summed E-state index contributed by atoms with van der Waals surface area (Å²) in [4.78, 5) is 16.5. The maximum atomic E-state index is 11.5. The summed E-state index contributed by atoms with van der Waals surface area (Å²) in [5, 5.41) is 0. The first-order valence-corrected chi connectivity index (χ1v) is 5.08. The molecule has 0 heterocycles. The molecule has 3 nitrogen and oxygen atoms in total. The van der Waals surface area contributed by atoms with E-state index in [-0.39, 0.29) is 5.91 Å². The van der Waals surface area contributed by atoms with Gasteiger partial charge in [-0.1, -0.05) is 31.5 Å². The number of hydrogen-bond donors (Lipinski definition) is 1. The Bertz CT molecular complexity index is 317. The quantitative estimate of drug-likeness (QED) is 0.769. The van der Waals surface area contributed by atoms with Gasteiger partial charge >= 0.3 is 0 Å². The first-order valence-electron chi connectivity index (χ1n) is 5.08. The Kier molecular flexibility index (Phi) is 4.31. The van der Waals surface area contributed by atoms with Crippen molar-refractivity contribution in [3.63, 3.8) is 0 Å². The fourth-order valence-corrected chi connectivity index (χ4v) is 1.04. The summed E-state index contributed by atoms with van der Waals surface area (Å²) in [5.74, 6) is 0.207. The van der Waals surface area contributed by atoms with Crippen LogP contribution in [0.3, 0.4) is 0 Å². The second kappa shape index (κ2) is 5.51. The van der Waals surface area contributed by atoms with Crippen LogP contribution >= 0.6 is 0 Å². The van der Waals surface area contributed by atoms with Gasteiger partial charge in [0, 0.05) is 5.56 Å². The predicted octanol–water partition coefficient (Wildman–Crippen LogP) is 2.31. The predicted molar refractivity (Wildman–Crippen MR) is 59.4 cm³/mol. The van der Waals surface area contributed by atoms with Crippen LogP contribution in [0.5, 0.6) is 0 Å². The number of carbonyl (C=O) groups excluding carboxylic acids is 1. The van der Waals surface area contributed by atoms with E-state index >= 15 is 0 Å². The van der Waals surface area contributed by atoms with Gasteiger partial charge in [0.25, 0.3) is 5.91 Å². The second-order valence-corrected chi connectivity index (χ2v) is 4.00. The van der Waals surface area contributed by atoms with Crippen molar-refractivity contribution in [2.24, 2.45) is 5.92 Å². The van der Waals surface area contributed by atoms with E-state index in [4.69, 9.17) is 4.84 Å².